The number of nitrogens with one attached hydrogen (secondary N) is 2. The van der Waals surface area contributed by atoms with E-state index in [-0.39, 0.29) is 42.3 Å². The molecule has 1 aliphatic rings. The molecule has 1 atom stereocenters. The van der Waals surface area contributed by atoms with Crippen LogP contribution in [0.15, 0.2) is 42.5 Å². The summed E-state index contributed by atoms with van der Waals surface area (Å²) < 4.78 is 22.7. The number of carbonyl (C=O) groups excluding carboxylic acids is 2. The first-order chi connectivity index (χ1) is 11.9. The molecular weight excluding hydrogens is 340 g/mol. The topological polar surface area (TPSA) is 92.3 Å². The van der Waals surface area contributed by atoms with E-state index in [1.807, 2.05) is 36.4 Å². The Kier molecular flexibility index (Phi) is 5.03. The summed E-state index contributed by atoms with van der Waals surface area (Å²) in [6, 6.07) is 12.9. The van der Waals surface area contributed by atoms with E-state index in [1.54, 1.807) is 6.07 Å². The van der Waals surface area contributed by atoms with E-state index in [0.29, 0.717) is 12.0 Å². The molecule has 0 radical (unpaired) electrons. The van der Waals surface area contributed by atoms with Gasteiger partial charge in [0, 0.05) is 24.6 Å². The van der Waals surface area contributed by atoms with Crippen molar-refractivity contribution in [2.45, 2.75) is 18.9 Å². The molecule has 2 aromatic carbocycles. The zero-order chi connectivity index (χ0) is 17.9. The number of benzene rings is 2. The van der Waals surface area contributed by atoms with Crippen molar-refractivity contribution in [3.63, 3.8) is 0 Å². The fourth-order valence-corrected chi connectivity index (χ4v) is 4.60. The molecule has 0 spiro atoms. The highest BCUT2D eigenvalue weighted by Gasteiger charge is 2.28. The largest absolute Gasteiger partial charge is 0.352 e. The Balaban J connectivity index is 1.47. The van der Waals surface area contributed by atoms with E-state index in [0.717, 1.165) is 10.8 Å². The number of rotatable bonds is 5. The monoisotopic (exact) mass is 360 g/mol. The van der Waals surface area contributed by atoms with E-state index in [2.05, 4.69) is 10.6 Å². The first kappa shape index (κ1) is 17.4. The van der Waals surface area contributed by atoms with Crippen molar-refractivity contribution < 1.29 is 18.0 Å². The molecule has 1 aliphatic heterocycles. The van der Waals surface area contributed by atoms with Crippen molar-refractivity contribution in [1.29, 1.82) is 0 Å². The van der Waals surface area contributed by atoms with Crippen molar-refractivity contribution >= 4 is 32.4 Å². The van der Waals surface area contributed by atoms with Crippen LogP contribution in [-0.4, -0.2) is 44.3 Å². The Hall–Kier alpha value is -2.41. The Bertz CT molecular complexity index is 908. The van der Waals surface area contributed by atoms with Crippen LogP contribution >= 0.6 is 0 Å². The number of amides is 2. The smallest absolute Gasteiger partial charge is 0.251 e. The average molecular weight is 360 g/mol. The third-order valence-corrected chi connectivity index (χ3v) is 6.01. The standard InChI is InChI=1S/C18H20N2O4S/c21-17(20-16-8-10-25(23,24)12-16)7-9-19-18(22)15-6-5-13-3-1-2-4-14(13)11-15/h1-6,11,16H,7-10,12H2,(H,19,22)(H,20,21). The van der Waals surface area contributed by atoms with Crippen molar-refractivity contribution in [2.24, 2.45) is 0 Å². The first-order valence-corrected chi connectivity index (χ1v) is 10.0. The molecule has 2 N–H and O–H groups in total. The predicted octanol–water partition coefficient (Wildman–Crippen LogP) is 1.26. The fraction of sp³-hybridized carbons (Fsp3) is 0.333. The minimum absolute atomic E-state index is 0.00217. The van der Waals surface area contributed by atoms with Gasteiger partial charge < -0.3 is 10.6 Å². The molecule has 6 nitrogen and oxygen atoms in total. The van der Waals surface area contributed by atoms with Crippen LogP contribution in [0.1, 0.15) is 23.2 Å². The number of fused-ring (bicyclic) bond motifs is 1. The molecule has 1 heterocycles. The number of sulfone groups is 1. The molecule has 25 heavy (non-hydrogen) atoms. The van der Waals surface area contributed by atoms with Crippen molar-refractivity contribution in [1.82, 2.24) is 10.6 Å². The lowest BCUT2D eigenvalue weighted by Gasteiger charge is -2.11. The van der Waals surface area contributed by atoms with Crippen LogP contribution in [0, 0.1) is 0 Å². The van der Waals surface area contributed by atoms with Crippen LogP contribution in [-0.2, 0) is 14.6 Å². The lowest BCUT2D eigenvalue weighted by Crippen LogP contribution is -2.37. The predicted molar refractivity (Wildman–Crippen MR) is 96.1 cm³/mol. The van der Waals surface area contributed by atoms with Crippen LogP contribution < -0.4 is 10.6 Å². The average Bonchev–Trinajstić information content (AvgIpc) is 2.92. The van der Waals surface area contributed by atoms with Gasteiger partial charge in [-0.15, -0.1) is 0 Å². The molecule has 3 rings (SSSR count). The molecule has 2 aromatic rings. The zero-order valence-corrected chi connectivity index (χ0v) is 14.5. The molecule has 132 valence electrons. The summed E-state index contributed by atoms with van der Waals surface area (Å²) >= 11 is 0. The second kappa shape index (κ2) is 7.23. The molecule has 7 heteroatoms. The quantitative estimate of drug-likeness (QED) is 0.840. The van der Waals surface area contributed by atoms with Gasteiger partial charge in [0.2, 0.25) is 5.91 Å². The van der Waals surface area contributed by atoms with Gasteiger partial charge in [-0.05, 0) is 29.3 Å². The van der Waals surface area contributed by atoms with E-state index in [4.69, 9.17) is 0 Å². The molecular formula is C18H20N2O4S. The normalized spacial score (nSPS) is 18.8. The summed E-state index contributed by atoms with van der Waals surface area (Å²) in [6.07, 6.45) is 0.577. The summed E-state index contributed by atoms with van der Waals surface area (Å²) in [5, 5.41) is 7.46. The second-order valence-electron chi connectivity index (χ2n) is 6.24. The molecule has 1 unspecified atom stereocenters. The van der Waals surface area contributed by atoms with E-state index < -0.39 is 9.84 Å². The van der Waals surface area contributed by atoms with Crippen LogP contribution in [0.3, 0.4) is 0 Å². The number of carbonyl (C=O) groups is 2. The Morgan fingerprint density at radius 3 is 2.56 bits per heavy atom. The van der Waals surface area contributed by atoms with Crippen LogP contribution in [0.2, 0.25) is 0 Å². The molecule has 0 aromatic heterocycles. The van der Waals surface area contributed by atoms with Gasteiger partial charge in [0.1, 0.15) is 0 Å². The van der Waals surface area contributed by atoms with Gasteiger partial charge in [0.25, 0.3) is 5.91 Å². The lowest BCUT2D eigenvalue weighted by atomic mass is 10.1. The fourth-order valence-electron chi connectivity index (χ4n) is 2.93. The number of hydrogen-bond donors (Lipinski definition) is 2. The van der Waals surface area contributed by atoms with Gasteiger partial charge >= 0.3 is 0 Å². The van der Waals surface area contributed by atoms with Gasteiger partial charge in [0.05, 0.1) is 11.5 Å². The first-order valence-electron chi connectivity index (χ1n) is 8.20. The van der Waals surface area contributed by atoms with Crippen LogP contribution in [0.4, 0.5) is 0 Å². The van der Waals surface area contributed by atoms with Gasteiger partial charge in [0.15, 0.2) is 9.84 Å². The van der Waals surface area contributed by atoms with E-state index in [9.17, 15) is 18.0 Å². The Morgan fingerprint density at radius 2 is 1.84 bits per heavy atom. The highest BCUT2D eigenvalue weighted by Crippen LogP contribution is 2.15. The van der Waals surface area contributed by atoms with Crippen LogP contribution in [0.5, 0.6) is 0 Å². The lowest BCUT2D eigenvalue weighted by molar-refractivity contribution is -0.121. The molecule has 1 saturated heterocycles. The summed E-state index contributed by atoms with van der Waals surface area (Å²) in [7, 11) is -3.01. The second-order valence-corrected chi connectivity index (χ2v) is 8.46. The summed E-state index contributed by atoms with van der Waals surface area (Å²) in [4.78, 5) is 24.0. The minimum Gasteiger partial charge on any atom is -0.352 e. The van der Waals surface area contributed by atoms with E-state index in [1.165, 1.54) is 0 Å². The number of hydrogen-bond acceptors (Lipinski definition) is 4. The maximum atomic E-state index is 12.2. The third-order valence-electron chi connectivity index (χ3n) is 4.25. The SMILES string of the molecule is O=C(CCNC(=O)c1ccc2ccccc2c1)NC1CCS(=O)(=O)C1. The Labute approximate surface area is 146 Å². The van der Waals surface area contributed by atoms with Gasteiger partial charge in [-0.1, -0.05) is 30.3 Å². The highest BCUT2D eigenvalue weighted by molar-refractivity contribution is 7.91. The van der Waals surface area contributed by atoms with Gasteiger partial charge in [-0.3, -0.25) is 9.59 Å². The van der Waals surface area contributed by atoms with Crippen molar-refractivity contribution in [3.8, 4) is 0 Å². The molecule has 2 amide bonds. The Morgan fingerprint density at radius 1 is 1.08 bits per heavy atom. The highest BCUT2D eigenvalue weighted by atomic mass is 32.2. The van der Waals surface area contributed by atoms with Crippen molar-refractivity contribution in [2.75, 3.05) is 18.1 Å². The molecule has 0 saturated carbocycles. The minimum atomic E-state index is -3.01. The summed E-state index contributed by atoms with van der Waals surface area (Å²) in [6.45, 7) is 0.205. The van der Waals surface area contributed by atoms with Gasteiger partial charge in [-0.2, -0.15) is 0 Å². The zero-order valence-electron chi connectivity index (χ0n) is 13.7. The molecule has 0 bridgehead atoms. The van der Waals surface area contributed by atoms with Gasteiger partial charge in [-0.25, -0.2) is 8.42 Å². The summed E-state index contributed by atoms with van der Waals surface area (Å²) in [5.41, 5.74) is 0.543. The molecule has 1 fully saturated rings. The molecule has 0 aliphatic carbocycles. The maximum Gasteiger partial charge on any atom is 0.251 e. The maximum absolute atomic E-state index is 12.2. The third kappa shape index (κ3) is 4.57. The van der Waals surface area contributed by atoms with Crippen molar-refractivity contribution in [3.05, 3.63) is 48.0 Å². The van der Waals surface area contributed by atoms with E-state index >= 15 is 0 Å². The van der Waals surface area contributed by atoms with Crippen LogP contribution in [0.25, 0.3) is 10.8 Å². The summed E-state index contributed by atoms with van der Waals surface area (Å²) in [5.74, 6) is -0.360.